The van der Waals surface area contributed by atoms with Gasteiger partial charge in [-0.3, -0.25) is 4.79 Å². The summed E-state index contributed by atoms with van der Waals surface area (Å²) < 4.78 is 31.8. The van der Waals surface area contributed by atoms with Crippen molar-refractivity contribution in [2.75, 3.05) is 18.4 Å². The molecule has 1 amide bonds. The highest BCUT2D eigenvalue weighted by atomic mass is 32.2. The van der Waals surface area contributed by atoms with Gasteiger partial charge in [-0.1, -0.05) is 17.7 Å². The molecule has 2 aromatic rings. The van der Waals surface area contributed by atoms with Gasteiger partial charge in [0.2, 0.25) is 10.0 Å². The van der Waals surface area contributed by atoms with E-state index in [1.165, 1.54) is 35.5 Å². The van der Waals surface area contributed by atoms with Crippen molar-refractivity contribution < 1.29 is 22.7 Å². The van der Waals surface area contributed by atoms with Crippen LogP contribution in [0.5, 0.6) is 0 Å². The molecule has 29 heavy (non-hydrogen) atoms. The van der Waals surface area contributed by atoms with Crippen molar-refractivity contribution in [3.05, 3.63) is 59.7 Å². The molecule has 1 fully saturated rings. The number of rotatable bonds is 6. The van der Waals surface area contributed by atoms with Crippen molar-refractivity contribution in [2.24, 2.45) is 0 Å². The summed E-state index contributed by atoms with van der Waals surface area (Å²) >= 11 is 0. The molecule has 1 saturated heterocycles. The average molecular weight is 416 g/mol. The van der Waals surface area contributed by atoms with Crippen molar-refractivity contribution >= 4 is 27.6 Å². The number of ether oxygens (including phenoxy) is 1. The monoisotopic (exact) mass is 416 g/mol. The molecule has 1 heterocycles. The molecule has 0 saturated carbocycles. The van der Waals surface area contributed by atoms with E-state index < -0.39 is 28.0 Å². The van der Waals surface area contributed by atoms with Gasteiger partial charge < -0.3 is 10.1 Å². The van der Waals surface area contributed by atoms with Crippen LogP contribution >= 0.6 is 0 Å². The minimum atomic E-state index is -3.50. The minimum absolute atomic E-state index is 0.191. The second kappa shape index (κ2) is 8.75. The first-order chi connectivity index (χ1) is 13.8. The zero-order valence-electron chi connectivity index (χ0n) is 16.4. The fourth-order valence-electron chi connectivity index (χ4n) is 3.09. The lowest BCUT2D eigenvalue weighted by Crippen LogP contribution is -2.30. The van der Waals surface area contributed by atoms with E-state index in [4.69, 9.17) is 4.74 Å². The molecule has 0 aromatic heterocycles. The molecule has 154 valence electrons. The Bertz CT molecular complexity index is 996. The van der Waals surface area contributed by atoms with Gasteiger partial charge in [-0.25, -0.2) is 13.2 Å². The normalized spacial score (nSPS) is 15.7. The van der Waals surface area contributed by atoms with Gasteiger partial charge in [0.15, 0.2) is 6.10 Å². The van der Waals surface area contributed by atoms with E-state index in [1.54, 1.807) is 18.2 Å². The summed E-state index contributed by atoms with van der Waals surface area (Å²) in [5.41, 5.74) is 1.72. The van der Waals surface area contributed by atoms with Gasteiger partial charge in [-0.05, 0) is 63.1 Å². The van der Waals surface area contributed by atoms with E-state index in [1.807, 2.05) is 13.0 Å². The van der Waals surface area contributed by atoms with Gasteiger partial charge in [-0.15, -0.1) is 0 Å². The first kappa shape index (κ1) is 21.0. The lowest BCUT2D eigenvalue weighted by Gasteiger charge is -2.16. The number of hydrogen-bond acceptors (Lipinski definition) is 5. The van der Waals surface area contributed by atoms with Crippen LogP contribution in [0.15, 0.2) is 53.4 Å². The molecule has 0 aliphatic carbocycles. The zero-order chi connectivity index (χ0) is 21.0. The van der Waals surface area contributed by atoms with Crippen molar-refractivity contribution in [3.63, 3.8) is 0 Å². The number of nitrogens with one attached hydrogen (secondary N) is 1. The lowest BCUT2D eigenvalue weighted by molar-refractivity contribution is -0.123. The highest BCUT2D eigenvalue weighted by Crippen LogP contribution is 2.22. The molecule has 3 rings (SSSR count). The van der Waals surface area contributed by atoms with Gasteiger partial charge in [-0.2, -0.15) is 4.31 Å². The van der Waals surface area contributed by atoms with Crippen LogP contribution in [-0.4, -0.2) is 43.8 Å². The zero-order valence-corrected chi connectivity index (χ0v) is 17.2. The Hall–Kier alpha value is -2.71. The molecular formula is C21H24N2O5S. The average Bonchev–Trinajstić information content (AvgIpc) is 3.24. The third-order valence-corrected chi connectivity index (χ3v) is 6.64. The Labute approximate surface area is 170 Å². The van der Waals surface area contributed by atoms with E-state index in [0.29, 0.717) is 24.3 Å². The fraction of sp³-hybridized carbons (Fsp3) is 0.333. The largest absolute Gasteiger partial charge is 0.449 e. The summed E-state index contributed by atoms with van der Waals surface area (Å²) in [6, 6.07) is 12.9. The van der Waals surface area contributed by atoms with Crippen LogP contribution in [0.1, 0.15) is 35.7 Å². The number of hydrogen-bond donors (Lipinski definition) is 1. The summed E-state index contributed by atoms with van der Waals surface area (Å²) in [6.45, 7) is 4.41. The van der Waals surface area contributed by atoms with E-state index in [9.17, 15) is 18.0 Å². The topological polar surface area (TPSA) is 92.8 Å². The number of benzene rings is 2. The fourth-order valence-corrected chi connectivity index (χ4v) is 4.60. The maximum atomic E-state index is 12.5. The van der Waals surface area contributed by atoms with Crippen molar-refractivity contribution in [1.29, 1.82) is 0 Å². The standard InChI is InChI=1S/C21H24N2O5S/c1-15-6-5-7-17(14-15)21(25)28-16(2)20(24)22-18-8-10-19(11-9-18)29(26,27)23-12-3-4-13-23/h5-11,14,16H,3-4,12-13H2,1-2H3,(H,22,24)/t16-/m1/s1. The maximum Gasteiger partial charge on any atom is 0.338 e. The van der Waals surface area contributed by atoms with Crippen molar-refractivity contribution in [1.82, 2.24) is 4.31 Å². The molecule has 1 N–H and O–H groups in total. The number of carbonyl (C=O) groups excluding carboxylic acids is 2. The quantitative estimate of drug-likeness (QED) is 0.731. The summed E-state index contributed by atoms with van der Waals surface area (Å²) in [5, 5.41) is 2.63. The van der Waals surface area contributed by atoms with E-state index in [-0.39, 0.29) is 4.90 Å². The Morgan fingerprint density at radius 1 is 1.07 bits per heavy atom. The Morgan fingerprint density at radius 2 is 1.72 bits per heavy atom. The number of anilines is 1. The third-order valence-electron chi connectivity index (χ3n) is 4.73. The molecule has 1 atom stereocenters. The first-order valence-corrected chi connectivity index (χ1v) is 10.9. The van der Waals surface area contributed by atoms with Crippen molar-refractivity contribution in [3.8, 4) is 0 Å². The van der Waals surface area contributed by atoms with Crippen LogP contribution < -0.4 is 5.32 Å². The van der Waals surface area contributed by atoms with Crippen LogP contribution in [0.25, 0.3) is 0 Å². The number of amides is 1. The second-order valence-electron chi connectivity index (χ2n) is 7.04. The van der Waals surface area contributed by atoms with Crippen LogP contribution in [0.2, 0.25) is 0 Å². The molecule has 1 aliphatic rings. The lowest BCUT2D eigenvalue weighted by atomic mass is 10.1. The van der Waals surface area contributed by atoms with Crippen LogP contribution in [0, 0.1) is 6.92 Å². The molecule has 0 radical (unpaired) electrons. The van der Waals surface area contributed by atoms with E-state index >= 15 is 0 Å². The smallest absolute Gasteiger partial charge is 0.338 e. The molecule has 2 aromatic carbocycles. The van der Waals surface area contributed by atoms with Crippen LogP contribution in [0.3, 0.4) is 0 Å². The number of nitrogens with zero attached hydrogens (tertiary/aromatic N) is 1. The first-order valence-electron chi connectivity index (χ1n) is 9.46. The molecular weight excluding hydrogens is 392 g/mol. The number of sulfonamides is 1. The Kier molecular flexibility index (Phi) is 6.34. The predicted octanol–water partition coefficient (Wildman–Crippen LogP) is 2.96. The molecule has 0 bridgehead atoms. The summed E-state index contributed by atoms with van der Waals surface area (Å²) in [4.78, 5) is 24.7. The summed E-state index contributed by atoms with van der Waals surface area (Å²) in [5.74, 6) is -1.08. The molecule has 1 aliphatic heterocycles. The van der Waals surface area contributed by atoms with Gasteiger partial charge >= 0.3 is 5.97 Å². The predicted molar refractivity (Wildman–Crippen MR) is 109 cm³/mol. The highest BCUT2D eigenvalue weighted by molar-refractivity contribution is 7.89. The highest BCUT2D eigenvalue weighted by Gasteiger charge is 2.27. The minimum Gasteiger partial charge on any atom is -0.449 e. The SMILES string of the molecule is Cc1cccc(C(=O)O[C@H](C)C(=O)Nc2ccc(S(=O)(=O)N3CCCC3)cc2)c1. The van der Waals surface area contributed by atoms with Gasteiger partial charge in [0.1, 0.15) is 0 Å². The van der Waals surface area contributed by atoms with Gasteiger partial charge in [0.25, 0.3) is 5.91 Å². The number of aryl methyl sites for hydroxylation is 1. The third kappa shape index (κ3) is 5.02. The molecule has 8 heteroatoms. The van der Waals surface area contributed by atoms with Gasteiger partial charge in [0, 0.05) is 18.8 Å². The van der Waals surface area contributed by atoms with Crippen LogP contribution in [0.4, 0.5) is 5.69 Å². The van der Waals surface area contributed by atoms with E-state index in [0.717, 1.165) is 18.4 Å². The van der Waals surface area contributed by atoms with Crippen molar-refractivity contribution in [2.45, 2.75) is 37.7 Å². The Morgan fingerprint density at radius 3 is 2.34 bits per heavy atom. The molecule has 0 unspecified atom stereocenters. The van der Waals surface area contributed by atoms with E-state index in [2.05, 4.69) is 5.32 Å². The number of carbonyl (C=O) groups is 2. The summed E-state index contributed by atoms with van der Waals surface area (Å²) in [6.07, 6.45) is 0.731. The Balaban J connectivity index is 1.60. The maximum absolute atomic E-state index is 12.5. The molecule has 7 nitrogen and oxygen atoms in total. The van der Waals surface area contributed by atoms with Gasteiger partial charge in [0.05, 0.1) is 10.5 Å². The second-order valence-corrected chi connectivity index (χ2v) is 8.98. The number of esters is 1. The summed E-state index contributed by atoms with van der Waals surface area (Å²) in [7, 11) is -3.50. The molecule has 0 spiro atoms. The van der Waals surface area contributed by atoms with Crippen LogP contribution in [-0.2, 0) is 19.6 Å².